The van der Waals surface area contributed by atoms with Crippen molar-refractivity contribution >= 4 is 35.4 Å². The fraction of sp³-hybridized carbons (Fsp3) is 0.579. The van der Waals surface area contributed by atoms with Crippen LogP contribution < -0.4 is 5.46 Å². The Kier molecular flexibility index (Phi) is 5.86. The van der Waals surface area contributed by atoms with Crippen LogP contribution in [0.15, 0.2) is 24.4 Å². The maximum Gasteiger partial charge on any atom is 0.333 e. The largest absolute Gasteiger partial charge is 0.427 e. The first kappa shape index (κ1) is 21.3. The van der Waals surface area contributed by atoms with Crippen molar-refractivity contribution in [2.45, 2.75) is 71.7 Å². The fourth-order valence-electron chi connectivity index (χ4n) is 2.26. The van der Waals surface area contributed by atoms with E-state index in [-0.39, 0.29) is 0 Å². The predicted molar refractivity (Wildman–Crippen MR) is 106 cm³/mol. The van der Waals surface area contributed by atoms with Crippen LogP contribution in [-0.2, 0) is 9.39 Å². The molecule has 1 atom stereocenters. The van der Waals surface area contributed by atoms with Gasteiger partial charge in [0.1, 0.15) is 0 Å². The van der Waals surface area contributed by atoms with E-state index < -0.39 is 23.2 Å². The molecule has 2 aromatic rings. The zero-order valence-electron chi connectivity index (χ0n) is 16.5. The first-order valence-corrected chi connectivity index (χ1v) is 8.98. The molecule has 0 aliphatic rings. The van der Waals surface area contributed by atoms with Crippen molar-refractivity contribution in [2.75, 3.05) is 0 Å². The topological polar surface area (TPSA) is 63.9 Å². The molecule has 1 radical (unpaired) electrons. The Morgan fingerprint density at radius 2 is 1.73 bits per heavy atom. The lowest BCUT2D eigenvalue weighted by molar-refractivity contribution is -0.207. The molecule has 7 heteroatoms. The Bertz CT molecular complexity index is 774. The molecule has 0 spiro atoms. The van der Waals surface area contributed by atoms with Crippen molar-refractivity contribution in [3.63, 3.8) is 0 Å². The van der Waals surface area contributed by atoms with Crippen molar-refractivity contribution in [3.05, 3.63) is 29.4 Å². The molecule has 0 amide bonds. The van der Waals surface area contributed by atoms with E-state index in [1.165, 1.54) is 0 Å². The van der Waals surface area contributed by atoms with Gasteiger partial charge in [-0.25, -0.2) is 0 Å². The maximum absolute atomic E-state index is 10.5. The molecular formula is C19H28BClNO4. The van der Waals surface area contributed by atoms with Crippen molar-refractivity contribution < 1.29 is 19.6 Å². The second-order valence-corrected chi connectivity index (χ2v) is 8.95. The highest BCUT2D eigenvalue weighted by Crippen LogP contribution is 2.27. The maximum atomic E-state index is 10.5. The molecule has 0 bridgehead atoms. The van der Waals surface area contributed by atoms with Crippen LogP contribution in [-0.4, -0.2) is 39.1 Å². The summed E-state index contributed by atoms with van der Waals surface area (Å²) in [4.78, 5) is 0. The van der Waals surface area contributed by atoms with E-state index in [1.54, 1.807) is 44.2 Å². The monoisotopic (exact) mass is 380 g/mol. The van der Waals surface area contributed by atoms with Gasteiger partial charge in [0.15, 0.2) is 0 Å². The highest BCUT2D eigenvalue weighted by molar-refractivity contribution is 6.51. The summed E-state index contributed by atoms with van der Waals surface area (Å²) in [7, 11) is 1.59. The van der Waals surface area contributed by atoms with Crippen LogP contribution in [0.5, 0.6) is 0 Å². The van der Waals surface area contributed by atoms with Gasteiger partial charge in [0.2, 0.25) is 6.41 Å². The zero-order chi connectivity index (χ0) is 19.9. The number of ether oxygens (including phenoxy) is 1. The lowest BCUT2D eigenvalue weighted by atomic mass is 9.82. The SMILES string of the molecule is CC(C)(C)OC(O)n1cc([B]OC(C)(C)C(C)(C)O)c2ccc(Cl)cc21. The first-order chi connectivity index (χ1) is 11.7. The molecule has 2 N–H and O–H groups in total. The highest BCUT2D eigenvalue weighted by Gasteiger charge is 2.36. The molecule has 0 aliphatic carbocycles. The van der Waals surface area contributed by atoms with Crippen LogP contribution >= 0.6 is 11.6 Å². The Balaban J connectivity index is 2.39. The molecule has 0 aliphatic heterocycles. The molecule has 0 saturated heterocycles. The smallest absolute Gasteiger partial charge is 0.333 e. The Morgan fingerprint density at radius 1 is 1.12 bits per heavy atom. The summed E-state index contributed by atoms with van der Waals surface area (Å²) in [5, 5.41) is 22.2. The van der Waals surface area contributed by atoms with Gasteiger partial charge in [0.05, 0.1) is 22.3 Å². The van der Waals surface area contributed by atoms with Crippen molar-refractivity contribution in [3.8, 4) is 0 Å². The third kappa shape index (κ3) is 4.81. The van der Waals surface area contributed by atoms with Crippen LogP contribution in [0.2, 0.25) is 5.02 Å². The zero-order valence-corrected chi connectivity index (χ0v) is 17.3. The molecule has 1 aromatic carbocycles. The molecule has 2 rings (SSSR count). The van der Waals surface area contributed by atoms with E-state index in [0.717, 1.165) is 16.4 Å². The van der Waals surface area contributed by atoms with Gasteiger partial charge in [-0.1, -0.05) is 17.7 Å². The second-order valence-electron chi connectivity index (χ2n) is 8.51. The minimum atomic E-state index is -1.17. The summed E-state index contributed by atoms with van der Waals surface area (Å²) in [5.74, 6) is 0. The fourth-order valence-corrected chi connectivity index (χ4v) is 2.42. The van der Waals surface area contributed by atoms with E-state index in [4.69, 9.17) is 21.0 Å². The summed E-state index contributed by atoms with van der Waals surface area (Å²) in [6, 6.07) is 5.42. The summed E-state index contributed by atoms with van der Waals surface area (Å²) < 4.78 is 13.1. The molecule has 0 fully saturated rings. The second kappa shape index (κ2) is 7.17. The van der Waals surface area contributed by atoms with E-state index in [9.17, 15) is 10.2 Å². The quantitative estimate of drug-likeness (QED) is 0.596. The standard InChI is InChI=1S/C19H28BClNO4/c1-17(2,3)25-16(23)22-11-14(13-9-8-12(21)10-15(13)22)20-26-19(6,7)18(4,5)24/h8-11,16,23-24H,1-7H3. The molecule has 143 valence electrons. The van der Waals surface area contributed by atoms with Gasteiger partial charge in [-0.2, -0.15) is 0 Å². The van der Waals surface area contributed by atoms with Gasteiger partial charge in [-0.05, 0) is 71.4 Å². The number of benzene rings is 1. The number of aliphatic hydroxyl groups excluding tert-OH is 1. The van der Waals surface area contributed by atoms with Crippen molar-refractivity contribution in [2.24, 2.45) is 0 Å². The highest BCUT2D eigenvalue weighted by atomic mass is 35.5. The van der Waals surface area contributed by atoms with E-state index >= 15 is 0 Å². The van der Waals surface area contributed by atoms with E-state index in [2.05, 4.69) is 0 Å². The van der Waals surface area contributed by atoms with Crippen molar-refractivity contribution in [1.82, 2.24) is 4.57 Å². The van der Waals surface area contributed by atoms with E-state index in [0.29, 0.717) is 5.02 Å². The van der Waals surface area contributed by atoms with Gasteiger partial charge in [0, 0.05) is 11.2 Å². The Hall–Kier alpha value is -1.05. The minimum absolute atomic E-state index is 0.516. The summed E-state index contributed by atoms with van der Waals surface area (Å²) in [6.07, 6.45) is 0.582. The van der Waals surface area contributed by atoms with Gasteiger partial charge < -0.3 is 19.6 Å². The van der Waals surface area contributed by atoms with Crippen LogP contribution in [0.4, 0.5) is 0 Å². The average molecular weight is 381 g/mol. The minimum Gasteiger partial charge on any atom is -0.427 e. The van der Waals surface area contributed by atoms with Gasteiger partial charge in [-0.15, -0.1) is 0 Å². The van der Waals surface area contributed by atoms with Crippen LogP contribution in [0.25, 0.3) is 10.9 Å². The number of hydrogen-bond acceptors (Lipinski definition) is 4. The van der Waals surface area contributed by atoms with Gasteiger partial charge in [-0.3, -0.25) is 4.57 Å². The molecule has 1 heterocycles. The average Bonchev–Trinajstić information content (AvgIpc) is 2.80. The summed E-state index contributed by atoms with van der Waals surface area (Å²) in [6.45, 7) is 12.6. The normalized spacial score (nSPS) is 14.7. The van der Waals surface area contributed by atoms with Crippen molar-refractivity contribution in [1.29, 1.82) is 0 Å². The number of nitrogens with zero attached hydrogens (tertiary/aromatic N) is 1. The molecule has 5 nitrogen and oxygen atoms in total. The Morgan fingerprint density at radius 3 is 2.27 bits per heavy atom. The van der Waals surface area contributed by atoms with Crippen LogP contribution in [0, 0.1) is 0 Å². The van der Waals surface area contributed by atoms with Crippen LogP contribution in [0.3, 0.4) is 0 Å². The third-order valence-corrected chi connectivity index (χ3v) is 4.71. The lowest BCUT2D eigenvalue weighted by Gasteiger charge is -2.37. The third-order valence-electron chi connectivity index (χ3n) is 4.48. The number of rotatable bonds is 6. The summed E-state index contributed by atoms with van der Waals surface area (Å²) >= 11 is 6.14. The number of fused-ring (bicyclic) bond motifs is 1. The van der Waals surface area contributed by atoms with Gasteiger partial charge >= 0.3 is 7.48 Å². The first-order valence-electron chi connectivity index (χ1n) is 8.61. The molecule has 1 aromatic heterocycles. The number of aliphatic hydroxyl groups is 2. The molecule has 1 unspecified atom stereocenters. The Labute approximate surface area is 161 Å². The number of hydrogen-bond donors (Lipinski definition) is 2. The van der Waals surface area contributed by atoms with E-state index in [1.807, 2.05) is 40.7 Å². The van der Waals surface area contributed by atoms with Crippen LogP contribution in [0.1, 0.15) is 54.9 Å². The molecule has 26 heavy (non-hydrogen) atoms. The number of aromatic nitrogens is 1. The lowest BCUT2D eigenvalue weighted by Crippen LogP contribution is -2.49. The molecule has 0 saturated carbocycles. The molecular weight excluding hydrogens is 352 g/mol. The summed E-state index contributed by atoms with van der Waals surface area (Å²) in [5.41, 5.74) is -0.859. The van der Waals surface area contributed by atoms with Gasteiger partial charge in [0.25, 0.3) is 0 Å². The number of halogens is 1. The predicted octanol–water partition coefficient (Wildman–Crippen LogP) is 3.37.